The van der Waals surface area contributed by atoms with Crippen molar-refractivity contribution in [2.45, 2.75) is 58.1 Å². The van der Waals surface area contributed by atoms with Gasteiger partial charge in [-0.15, -0.1) is 0 Å². The van der Waals surface area contributed by atoms with Gasteiger partial charge in [-0.3, -0.25) is 0 Å². The molecule has 4 rings (SSSR count). The van der Waals surface area contributed by atoms with E-state index in [9.17, 15) is 9.59 Å². The van der Waals surface area contributed by atoms with Gasteiger partial charge in [0.25, 0.3) is 0 Å². The van der Waals surface area contributed by atoms with Gasteiger partial charge in [0.2, 0.25) is 0 Å². The van der Waals surface area contributed by atoms with Gasteiger partial charge >= 0.3 is 21.0 Å². The normalized spacial score (nSPS) is 15.4. The first-order valence-electron chi connectivity index (χ1n) is 14.5. The minimum absolute atomic E-state index is 0.0318. The van der Waals surface area contributed by atoms with Crippen molar-refractivity contribution >= 4 is 21.0 Å². The zero-order valence-electron chi connectivity index (χ0n) is 23.9. The number of piperidine rings is 1. The zero-order chi connectivity index (χ0) is 28.4. The quantitative estimate of drug-likeness (QED) is 0.249. The smallest absolute Gasteiger partial charge is 0.448 e. The minimum atomic E-state index is -2.72. The molecule has 218 valence electrons. The number of nitrogens with zero attached hydrogens (tertiary/aromatic N) is 1. The highest BCUT2D eigenvalue weighted by Crippen LogP contribution is 2.44. The molecule has 1 saturated heterocycles. The third-order valence-corrected chi connectivity index (χ3v) is 10.5. The second-order valence-electron chi connectivity index (χ2n) is 9.91. The molecular weight excluding hydrogens is 528 g/mol. The Balaban J connectivity index is 1.17. The van der Waals surface area contributed by atoms with Crippen LogP contribution < -0.4 is 5.32 Å². The van der Waals surface area contributed by atoms with Crippen LogP contribution >= 0.6 is 0 Å². The molecule has 40 heavy (non-hydrogen) atoms. The fraction of sp³-hybridized carbons (Fsp3) is 0.533. The van der Waals surface area contributed by atoms with Crippen LogP contribution in [0.1, 0.15) is 57.1 Å². The molecule has 0 saturated carbocycles. The summed E-state index contributed by atoms with van der Waals surface area (Å²) in [6, 6.07) is 17.2. The Bertz CT molecular complexity index is 1060. The summed E-state index contributed by atoms with van der Waals surface area (Å²) >= 11 is 0. The van der Waals surface area contributed by atoms with Crippen molar-refractivity contribution in [3.05, 3.63) is 59.7 Å². The molecule has 0 atom stereocenters. The van der Waals surface area contributed by atoms with Crippen LogP contribution in [0, 0.1) is 0 Å². The van der Waals surface area contributed by atoms with Gasteiger partial charge in [0.05, 0.1) is 0 Å². The third kappa shape index (κ3) is 7.42. The number of carbonyl (C=O) groups excluding carboxylic acids is 2. The van der Waals surface area contributed by atoms with E-state index < -0.39 is 14.9 Å². The molecule has 1 aliphatic carbocycles. The second-order valence-corrected chi connectivity index (χ2v) is 12.6. The van der Waals surface area contributed by atoms with E-state index in [1.54, 1.807) is 4.90 Å². The highest BCUT2D eigenvalue weighted by atomic mass is 28.4. The second kappa shape index (κ2) is 14.6. The van der Waals surface area contributed by atoms with Gasteiger partial charge in [0, 0.05) is 64.3 Å². The van der Waals surface area contributed by atoms with Gasteiger partial charge in [0.15, 0.2) is 0 Å². The van der Waals surface area contributed by atoms with Crippen molar-refractivity contribution in [3.63, 3.8) is 0 Å². The summed E-state index contributed by atoms with van der Waals surface area (Å²) in [5, 5.41) is 2.82. The summed E-state index contributed by atoms with van der Waals surface area (Å²) in [6.07, 6.45) is 0.814. The van der Waals surface area contributed by atoms with Crippen LogP contribution in [0.15, 0.2) is 48.5 Å². The summed E-state index contributed by atoms with van der Waals surface area (Å²) in [7, 11) is -2.72. The van der Waals surface area contributed by atoms with E-state index >= 15 is 0 Å². The van der Waals surface area contributed by atoms with Crippen LogP contribution in [-0.4, -0.2) is 78.1 Å². The summed E-state index contributed by atoms with van der Waals surface area (Å²) in [4.78, 5) is 26.9. The van der Waals surface area contributed by atoms with Crippen LogP contribution in [0.25, 0.3) is 11.1 Å². The molecule has 1 heterocycles. The molecule has 0 unspecified atom stereocenters. The third-order valence-electron chi connectivity index (χ3n) is 7.33. The monoisotopic (exact) mass is 570 g/mol. The van der Waals surface area contributed by atoms with Crippen molar-refractivity contribution in [1.82, 2.24) is 10.2 Å². The maximum Gasteiger partial charge on any atom is 0.500 e. The molecule has 1 fully saturated rings. The molecule has 2 aromatic carbocycles. The van der Waals surface area contributed by atoms with Crippen molar-refractivity contribution in [2.24, 2.45) is 0 Å². The Morgan fingerprint density at radius 1 is 0.875 bits per heavy atom. The maximum absolute atomic E-state index is 12.9. The number of alkyl carbamates (subject to hydrolysis) is 1. The highest BCUT2D eigenvalue weighted by Gasteiger charge is 2.39. The van der Waals surface area contributed by atoms with E-state index in [-0.39, 0.29) is 18.1 Å². The van der Waals surface area contributed by atoms with Crippen LogP contribution in [0.2, 0.25) is 6.04 Å². The van der Waals surface area contributed by atoms with E-state index in [1.807, 2.05) is 45.0 Å². The van der Waals surface area contributed by atoms with Gasteiger partial charge in [-0.2, -0.15) is 0 Å². The first-order valence-corrected chi connectivity index (χ1v) is 16.4. The Kier molecular flexibility index (Phi) is 11.0. The molecule has 1 aliphatic heterocycles. The number of likely N-dealkylation sites (tertiary alicyclic amines) is 1. The fourth-order valence-corrected chi connectivity index (χ4v) is 8.14. The number of amides is 2. The summed E-state index contributed by atoms with van der Waals surface area (Å²) < 4.78 is 28.9. The highest BCUT2D eigenvalue weighted by molar-refractivity contribution is 6.60. The number of carbonyl (C=O) groups is 2. The molecule has 9 nitrogen and oxygen atoms in total. The lowest BCUT2D eigenvalue weighted by molar-refractivity contribution is 0.0412. The largest absolute Gasteiger partial charge is 0.500 e. The predicted octanol–water partition coefficient (Wildman–Crippen LogP) is 5.56. The molecule has 0 bridgehead atoms. The molecular formula is C30H42N2O7Si. The first-order chi connectivity index (χ1) is 19.5. The number of nitrogens with one attached hydrogen (secondary N) is 1. The predicted molar refractivity (Wildman–Crippen MR) is 154 cm³/mol. The van der Waals surface area contributed by atoms with Gasteiger partial charge in [-0.05, 0) is 49.4 Å². The van der Waals surface area contributed by atoms with E-state index in [1.165, 1.54) is 22.3 Å². The zero-order valence-corrected chi connectivity index (χ0v) is 24.9. The van der Waals surface area contributed by atoms with Crippen LogP contribution in [-0.2, 0) is 22.8 Å². The Hall–Kier alpha value is -2.92. The number of rotatable bonds is 13. The molecule has 2 amide bonds. The molecule has 0 spiro atoms. The SMILES string of the molecule is CCO[Si](CCCNC(=O)OC1CCN(C(=O)OCC2c3ccccc3-c3ccccc32)CC1)(OCC)OCC. The molecule has 1 N–H and O–H groups in total. The standard InChI is InChI=1S/C30H42N2O7Si/c1-4-36-40(37-5-2,38-6-3)21-11-18-31-29(33)39-23-16-19-32(20-17-23)30(34)35-22-28-26-14-9-7-12-24(26)25-13-8-10-15-27(25)28/h7-10,12-15,23,28H,4-6,11,16-22H2,1-3H3,(H,31,33). The van der Waals surface area contributed by atoms with Crippen LogP contribution in [0.3, 0.4) is 0 Å². The lowest BCUT2D eigenvalue weighted by Crippen LogP contribution is -2.46. The van der Waals surface area contributed by atoms with Gasteiger partial charge in [-0.25, -0.2) is 9.59 Å². The van der Waals surface area contributed by atoms with Crippen molar-refractivity contribution < 1.29 is 32.3 Å². The number of benzene rings is 2. The van der Waals surface area contributed by atoms with Crippen LogP contribution in [0.5, 0.6) is 0 Å². The van der Waals surface area contributed by atoms with Crippen molar-refractivity contribution in [3.8, 4) is 11.1 Å². The summed E-state index contributed by atoms with van der Waals surface area (Å²) in [5.41, 5.74) is 4.79. The van der Waals surface area contributed by atoms with Crippen LogP contribution in [0.4, 0.5) is 9.59 Å². The van der Waals surface area contributed by atoms with Gasteiger partial charge in [0.1, 0.15) is 12.7 Å². The Labute approximate surface area is 238 Å². The molecule has 2 aliphatic rings. The summed E-state index contributed by atoms with van der Waals surface area (Å²) in [5.74, 6) is 0.0318. The topological polar surface area (TPSA) is 95.6 Å². The molecule has 10 heteroatoms. The molecule has 2 aromatic rings. The van der Waals surface area contributed by atoms with Gasteiger partial charge in [-0.1, -0.05) is 48.5 Å². The average molecular weight is 571 g/mol. The first kappa shape index (κ1) is 30.0. The van der Waals surface area contributed by atoms with E-state index in [2.05, 4.69) is 29.6 Å². The van der Waals surface area contributed by atoms with E-state index in [0.29, 0.717) is 71.4 Å². The minimum Gasteiger partial charge on any atom is -0.448 e. The van der Waals surface area contributed by atoms with Crippen molar-refractivity contribution in [2.75, 3.05) is 46.1 Å². The summed E-state index contributed by atoms with van der Waals surface area (Å²) in [6.45, 7) is 9.06. The average Bonchev–Trinajstić information content (AvgIpc) is 3.28. The lowest BCUT2D eigenvalue weighted by Gasteiger charge is -2.31. The number of hydrogen-bond acceptors (Lipinski definition) is 7. The molecule has 0 radical (unpaired) electrons. The number of ether oxygens (including phenoxy) is 2. The maximum atomic E-state index is 12.9. The van der Waals surface area contributed by atoms with E-state index in [4.69, 9.17) is 22.8 Å². The van der Waals surface area contributed by atoms with Gasteiger partial charge < -0.3 is 33.0 Å². The Morgan fingerprint density at radius 2 is 1.43 bits per heavy atom. The number of fused-ring (bicyclic) bond motifs is 3. The van der Waals surface area contributed by atoms with E-state index in [0.717, 1.165) is 0 Å². The Morgan fingerprint density at radius 3 is 1.98 bits per heavy atom. The van der Waals surface area contributed by atoms with Crippen molar-refractivity contribution in [1.29, 1.82) is 0 Å². The lowest BCUT2D eigenvalue weighted by atomic mass is 9.98. The fourth-order valence-electron chi connectivity index (χ4n) is 5.53. The number of hydrogen-bond donors (Lipinski definition) is 1. The molecule has 0 aromatic heterocycles.